The summed E-state index contributed by atoms with van der Waals surface area (Å²) < 4.78 is 18.5. The van der Waals surface area contributed by atoms with E-state index in [4.69, 9.17) is 4.42 Å². The number of nitrogens with one attached hydrogen (secondary N) is 1. The van der Waals surface area contributed by atoms with E-state index in [1.54, 1.807) is 30.1 Å². The van der Waals surface area contributed by atoms with E-state index < -0.39 is 0 Å². The van der Waals surface area contributed by atoms with Crippen LogP contribution in [-0.4, -0.2) is 28.4 Å². The number of aliphatic imine (C=N–C) groups is 1. The van der Waals surface area contributed by atoms with Crippen LogP contribution in [0.4, 0.5) is 4.39 Å². The van der Waals surface area contributed by atoms with Gasteiger partial charge in [0.1, 0.15) is 5.82 Å². The van der Waals surface area contributed by atoms with Crippen LogP contribution < -0.4 is 5.32 Å². The van der Waals surface area contributed by atoms with Crippen molar-refractivity contribution in [2.24, 2.45) is 4.99 Å². The summed E-state index contributed by atoms with van der Waals surface area (Å²) in [6.07, 6.45) is 2.27. The molecule has 0 saturated heterocycles. The number of carbonyl (C=O) groups is 1. The Morgan fingerprint density at radius 2 is 2.18 bits per heavy atom. The molecule has 0 unspecified atom stereocenters. The number of rotatable bonds is 4. The summed E-state index contributed by atoms with van der Waals surface area (Å²) in [6.45, 7) is 0.751. The molecule has 1 amide bonds. The van der Waals surface area contributed by atoms with Crippen molar-refractivity contribution in [3.05, 3.63) is 42.2 Å². The van der Waals surface area contributed by atoms with E-state index in [9.17, 15) is 9.18 Å². The summed E-state index contributed by atoms with van der Waals surface area (Å²) in [5.74, 6) is 1.56. The molecular weight excluding hydrogens is 305 g/mol. The maximum absolute atomic E-state index is 12.9. The number of amides is 1. The fourth-order valence-electron chi connectivity index (χ4n) is 1.99. The molecule has 7 heteroatoms. The maximum Gasteiger partial charge on any atom is 0.226 e. The van der Waals surface area contributed by atoms with Crippen molar-refractivity contribution in [1.29, 1.82) is 0 Å². The van der Waals surface area contributed by atoms with E-state index in [-0.39, 0.29) is 18.1 Å². The molecule has 0 bridgehead atoms. The SMILES string of the molecule is O=C(CCc1ncc(-c2ccc(F)cc2)o1)NC1=NCCS1. The van der Waals surface area contributed by atoms with Gasteiger partial charge in [0.25, 0.3) is 0 Å². The fourth-order valence-corrected chi connectivity index (χ4v) is 2.73. The molecular formula is C15H14FN3O2S. The lowest BCUT2D eigenvalue weighted by atomic mass is 10.2. The molecule has 1 aliphatic heterocycles. The Morgan fingerprint density at radius 3 is 2.91 bits per heavy atom. The molecule has 2 heterocycles. The van der Waals surface area contributed by atoms with Crippen LogP contribution in [0.1, 0.15) is 12.3 Å². The van der Waals surface area contributed by atoms with E-state index in [1.807, 2.05) is 0 Å². The summed E-state index contributed by atoms with van der Waals surface area (Å²) >= 11 is 1.54. The summed E-state index contributed by atoms with van der Waals surface area (Å²) in [5.41, 5.74) is 0.751. The molecule has 1 aliphatic rings. The quantitative estimate of drug-likeness (QED) is 0.941. The van der Waals surface area contributed by atoms with Crippen molar-refractivity contribution < 1.29 is 13.6 Å². The van der Waals surface area contributed by atoms with Crippen molar-refractivity contribution in [3.8, 4) is 11.3 Å². The average molecular weight is 319 g/mol. The lowest BCUT2D eigenvalue weighted by Gasteiger charge is -2.02. The van der Waals surface area contributed by atoms with Gasteiger partial charge in [-0.2, -0.15) is 0 Å². The van der Waals surface area contributed by atoms with Gasteiger partial charge in [-0.25, -0.2) is 9.37 Å². The van der Waals surface area contributed by atoms with Gasteiger partial charge in [0.15, 0.2) is 16.8 Å². The van der Waals surface area contributed by atoms with Gasteiger partial charge in [0.05, 0.1) is 12.7 Å². The third-order valence-electron chi connectivity index (χ3n) is 3.08. The van der Waals surface area contributed by atoms with Gasteiger partial charge in [0.2, 0.25) is 5.91 Å². The number of benzene rings is 1. The maximum atomic E-state index is 12.9. The number of halogens is 1. The first-order chi connectivity index (χ1) is 10.7. The molecule has 114 valence electrons. The monoisotopic (exact) mass is 319 g/mol. The molecule has 1 aromatic heterocycles. The lowest BCUT2D eigenvalue weighted by Crippen LogP contribution is -2.27. The highest BCUT2D eigenvalue weighted by atomic mass is 32.2. The van der Waals surface area contributed by atoms with Crippen molar-refractivity contribution in [3.63, 3.8) is 0 Å². The molecule has 5 nitrogen and oxygen atoms in total. The van der Waals surface area contributed by atoms with Crippen molar-refractivity contribution in [2.75, 3.05) is 12.3 Å². The van der Waals surface area contributed by atoms with Crippen LogP contribution in [0.5, 0.6) is 0 Å². The minimum absolute atomic E-state index is 0.102. The predicted octanol–water partition coefficient (Wildman–Crippen LogP) is 2.63. The molecule has 22 heavy (non-hydrogen) atoms. The number of oxazole rings is 1. The number of aromatic nitrogens is 1. The minimum Gasteiger partial charge on any atom is -0.441 e. The molecule has 1 aromatic carbocycles. The second-order valence-corrected chi connectivity index (χ2v) is 5.79. The molecule has 0 radical (unpaired) electrons. The van der Waals surface area contributed by atoms with Gasteiger partial charge >= 0.3 is 0 Å². The zero-order valence-electron chi connectivity index (χ0n) is 11.7. The highest BCUT2D eigenvalue weighted by molar-refractivity contribution is 8.14. The number of hydrogen-bond donors (Lipinski definition) is 1. The second-order valence-electron chi connectivity index (χ2n) is 4.71. The van der Waals surface area contributed by atoms with E-state index >= 15 is 0 Å². The van der Waals surface area contributed by atoms with Gasteiger partial charge in [0, 0.05) is 24.2 Å². The van der Waals surface area contributed by atoms with Crippen molar-refractivity contribution in [1.82, 2.24) is 10.3 Å². The first-order valence-electron chi connectivity index (χ1n) is 6.88. The van der Waals surface area contributed by atoms with E-state index in [0.717, 1.165) is 17.9 Å². The number of thioether (sulfide) groups is 1. The molecule has 3 rings (SSSR count). The summed E-state index contributed by atoms with van der Waals surface area (Å²) in [5, 5.41) is 3.44. The first-order valence-corrected chi connectivity index (χ1v) is 7.87. The molecule has 2 aromatic rings. The summed E-state index contributed by atoms with van der Waals surface area (Å²) in [4.78, 5) is 20.1. The Kier molecular flexibility index (Phi) is 4.53. The van der Waals surface area contributed by atoms with Crippen molar-refractivity contribution in [2.45, 2.75) is 12.8 Å². The largest absolute Gasteiger partial charge is 0.441 e. The van der Waals surface area contributed by atoms with Crippen LogP contribution in [0, 0.1) is 5.82 Å². The molecule has 0 atom stereocenters. The smallest absolute Gasteiger partial charge is 0.226 e. The van der Waals surface area contributed by atoms with Crippen LogP contribution in [0.2, 0.25) is 0 Å². The standard InChI is InChI=1S/C15H14FN3O2S/c16-11-3-1-10(2-4-11)12-9-18-14(21-12)6-5-13(20)19-15-17-7-8-22-15/h1-4,9H,5-8H2,(H,17,19,20). The number of hydrogen-bond acceptors (Lipinski definition) is 5. The summed E-state index contributed by atoms with van der Waals surface area (Å²) in [7, 11) is 0. The average Bonchev–Trinajstić information content (AvgIpc) is 3.17. The Hall–Kier alpha value is -2.15. The molecule has 0 saturated carbocycles. The Morgan fingerprint density at radius 1 is 1.36 bits per heavy atom. The topological polar surface area (TPSA) is 67.5 Å². The highest BCUT2D eigenvalue weighted by Crippen LogP contribution is 2.21. The normalized spacial score (nSPS) is 14.0. The van der Waals surface area contributed by atoms with E-state index in [2.05, 4.69) is 15.3 Å². The first kappa shape index (κ1) is 14.8. The van der Waals surface area contributed by atoms with Gasteiger partial charge < -0.3 is 9.73 Å². The molecule has 0 fully saturated rings. The number of carbonyl (C=O) groups excluding carboxylic acids is 1. The number of nitrogens with zero attached hydrogens (tertiary/aromatic N) is 2. The van der Waals surface area contributed by atoms with E-state index in [1.165, 1.54) is 12.1 Å². The van der Waals surface area contributed by atoms with Gasteiger partial charge in [-0.1, -0.05) is 11.8 Å². The van der Waals surface area contributed by atoms with Crippen LogP contribution >= 0.6 is 11.8 Å². The van der Waals surface area contributed by atoms with Crippen LogP contribution in [0.15, 0.2) is 39.9 Å². The number of aryl methyl sites for hydroxylation is 1. The molecule has 1 N–H and O–H groups in total. The Labute approximate surface area is 131 Å². The third-order valence-corrected chi connectivity index (χ3v) is 3.97. The zero-order valence-corrected chi connectivity index (χ0v) is 12.5. The Balaban J connectivity index is 1.55. The molecule has 0 spiro atoms. The van der Waals surface area contributed by atoms with Crippen LogP contribution in [0.3, 0.4) is 0 Å². The second kappa shape index (κ2) is 6.74. The van der Waals surface area contributed by atoms with Crippen LogP contribution in [0.25, 0.3) is 11.3 Å². The van der Waals surface area contributed by atoms with Crippen molar-refractivity contribution >= 4 is 22.8 Å². The Bertz CT molecular complexity index is 697. The van der Waals surface area contributed by atoms with Crippen LogP contribution in [-0.2, 0) is 11.2 Å². The zero-order chi connectivity index (χ0) is 15.4. The van der Waals surface area contributed by atoms with Gasteiger partial charge in [-0.15, -0.1) is 0 Å². The van der Waals surface area contributed by atoms with E-state index in [0.29, 0.717) is 23.2 Å². The highest BCUT2D eigenvalue weighted by Gasteiger charge is 2.12. The van der Waals surface area contributed by atoms with Gasteiger partial charge in [-0.3, -0.25) is 9.79 Å². The molecule has 0 aliphatic carbocycles. The number of amidine groups is 1. The minimum atomic E-state index is -0.298. The lowest BCUT2D eigenvalue weighted by molar-refractivity contribution is -0.119. The summed E-state index contributed by atoms with van der Waals surface area (Å²) in [6, 6.07) is 5.99. The third kappa shape index (κ3) is 3.73. The predicted molar refractivity (Wildman–Crippen MR) is 83.1 cm³/mol. The fraction of sp³-hybridized carbons (Fsp3) is 0.267. The van der Waals surface area contributed by atoms with Gasteiger partial charge in [-0.05, 0) is 24.3 Å².